The number of aromatic nitrogens is 2. The number of rotatable bonds is 6. The highest BCUT2D eigenvalue weighted by Gasteiger charge is 2.23. The maximum atomic E-state index is 11.3. The Morgan fingerprint density at radius 1 is 1.07 bits per heavy atom. The van der Waals surface area contributed by atoms with Crippen LogP contribution < -0.4 is 11.1 Å². The fourth-order valence-corrected chi connectivity index (χ4v) is 3.22. The van der Waals surface area contributed by atoms with E-state index in [4.69, 9.17) is 17.3 Å². The Bertz CT molecular complexity index is 954. The van der Waals surface area contributed by atoms with Gasteiger partial charge in [0, 0.05) is 40.5 Å². The first-order chi connectivity index (χ1) is 12.9. The van der Waals surface area contributed by atoms with Crippen molar-refractivity contribution < 1.29 is 4.79 Å². The van der Waals surface area contributed by atoms with Gasteiger partial charge in [0.1, 0.15) is 0 Å². The molecule has 3 aromatic rings. The Morgan fingerprint density at radius 2 is 1.78 bits per heavy atom. The molecule has 0 aliphatic carbocycles. The minimum Gasteiger partial charge on any atom is -0.366 e. The van der Waals surface area contributed by atoms with Crippen molar-refractivity contribution in [2.24, 2.45) is 5.73 Å². The lowest BCUT2D eigenvalue weighted by Crippen LogP contribution is -2.28. The second-order valence-corrected chi connectivity index (χ2v) is 7.36. The van der Waals surface area contributed by atoms with Crippen molar-refractivity contribution in [3.05, 3.63) is 77.1 Å². The topological polar surface area (TPSA) is 80.9 Å². The summed E-state index contributed by atoms with van der Waals surface area (Å²) >= 11 is 6.32. The maximum Gasteiger partial charge on any atom is 0.248 e. The Morgan fingerprint density at radius 3 is 2.44 bits per heavy atom. The zero-order chi connectivity index (χ0) is 19.4. The average Bonchev–Trinajstić information content (AvgIpc) is 2.67. The first kappa shape index (κ1) is 18.9. The molecule has 138 valence electrons. The molecule has 0 spiro atoms. The molecule has 1 aromatic heterocycles. The van der Waals surface area contributed by atoms with Crippen LogP contribution in [-0.2, 0) is 5.41 Å². The number of nitrogens with two attached hydrogens (primary N) is 1. The summed E-state index contributed by atoms with van der Waals surface area (Å²) in [4.78, 5) is 20.1. The van der Waals surface area contributed by atoms with Crippen LogP contribution in [0.5, 0.6) is 0 Å². The van der Waals surface area contributed by atoms with E-state index >= 15 is 0 Å². The fourth-order valence-electron chi connectivity index (χ4n) is 2.83. The van der Waals surface area contributed by atoms with Crippen molar-refractivity contribution in [2.75, 3.05) is 11.9 Å². The van der Waals surface area contributed by atoms with E-state index in [-0.39, 0.29) is 5.41 Å². The highest BCUT2D eigenvalue weighted by Crippen LogP contribution is 2.29. The number of anilines is 1. The summed E-state index contributed by atoms with van der Waals surface area (Å²) in [5, 5.41) is 4.01. The van der Waals surface area contributed by atoms with E-state index in [2.05, 4.69) is 29.1 Å². The Kier molecular flexibility index (Phi) is 5.42. The van der Waals surface area contributed by atoms with Crippen molar-refractivity contribution in [1.82, 2.24) is 9.97 Å². The van der Waals surface area contributed by atoms with E-state index in [1.165, 1.54) is 0 Å². The van der Waals surface area contributed by atoms with Gasteiger partial charge in [0.05, 0.1) is 0 Å². The number of carbonyl (C=O) groups is 1. The number of amides is 1. The van der Waals surface area contributed by atoms with Crippen LogP contribution in [0.25, 0.3) is 11.1 Å². The number of nitrogens with zero attached hydrogens (tertiary/aromatic N) is 2. The molecule has 0 bridgehead atoms. The Labute approximate surface area is 163 Å². The predicted octanol–water partition coefficient (Wildman–Crippen LogP) is 4.29. The maximum absolute atomic E-state index is 11.3. The van der Waals surface area contributed by atoms with Crippen LogP contribution in [0.1, 0.15) is 29.8 Å². The normalized spacial score (nSPS) is 11.2. The van der Waals surface area contributed by atoms with Crippen LogP contribution in [0.2, 0.25) is 5.02 Å². The molecule has 0 radical (unpaired) electrons. The Hall–Kier alpha value is -2.92. The van der Waals surface area contributed by atoms with Gasteiger partial charge in [-0.25, -0.2) is 9.97 Å². The second kappa shape index (κ2) is 7.76. The number of primary amides is 1. The standard InChI is InChI=1S/C21H21ClN4O/c1-21(2,17-8-3-4-9-18(17)22)13-26-20-24-11-16(12-25-20)14-6-5-7-15(10-14)19(23)27/h3-12H,13H2,1-2H3,(H2,23,27)(H,24,25,26). The van der Waals surface area contributed by atoms with Crippen molar-refractivity contribution >= 4 is 23.5 Å². The van der Waals surface area contributed by atoms with Crippen molar-refractivity contribution in [1.29, 1.82) is 0 Å². The molecular weight excluding hydrogens is 360 g/mol. The molecule has 3 rings (SSSR count). The highest BCUT2D eigenvalue weighted by atomic mass is 35.5. The lowest BCUT2D eigenvalue weighted by Gasteiger charge is -2.26. The summed E-state index contributed by atoms with van der Waals surface area (Å²) in [5.41, 5.74) is 8.33. The first-order valence-electron chi connectivity index (χ1n) is 8.58. The number of halogens is 1. The first-order valence-corrected chi connectivity index (χ1v) is 8.96. The molecule has 2 aromatic carbocycles. The summed E-state index contributed by atoms with van der Waals surface area (Å²) in [6, 6.07) is 14.9. The monoisotopic (exact) mass is 380 g/mol. The SMILES string of the molecule is CC(C)(CNc1ncc(-c2cccc(C(N)=O)c2)cn1)c1ccccc1Cl. The molecule has 0 aliphatic heterocycles. The molecule has 1 amide bonds. The third-order valence-electron chi connectivity index (χ3n) is 4.42. The third-order valence-corrected chi connectivity index (χ3v) is 4.75. The van der Waals surface area contributed by atoms with Gasteiger partial charge in [0.15, 0.2) is 0 Å². The van der Waals surface area contributed by atoms with Gasteiger partial charge in [-0.15, -0.1) is 0 Å². The number of hydrogen-bond acceptors (Lipinski definition) is 4. The molecule has 0 unspecified atom stereocenters. The molecule has 1 heterocycles. The van der Waals surface area contributed by atoms with E-state index < -0.39 is 5.91 Å². The van der Waals surface area contributed by atoms with Crippen LogP contribution in [0.4, 0.5) is 5.95 Å². The molecule has 0 saturated heterocycles. The van der Waals surface area contributed by atoms with Crippen LogP contribution in [-0.4, -0.2) is 22.4 Å². The number of hydrogen-bond donors (Lipinski definition) is 2. The lowest BCUT2D eigenvalue weighted by molar-refractivity contribution is 0.100. The van der Waals surface area contributed by atoms with Crippen molar-refractivity contribution in [3.63, 3.8) is 0 Å². The molecule has 0 aliphatic rings. The van der Waals surface area contributed by atoms with E-state index in [1.54, 1.807) is 30.6 Å². The molecular formula is C21H21ClN4O. The van der Waals surface area contributed by atoms with Gasteiger partial charge in [-0.3, -0.25) is 4.79 Å². The molecule has 0 saturated carbocycles. The summed E-state index contributed by atoms with van der Waals surface area (Å²) in [5.74, 6) is 0.0720. The van der Waals surface area contributed by atoms with Crippen LogP contribution in [0.3, 0.4) is 0 Å². The largest absolute Gasteiger partial charge is 0.366 e. The molecule has 0 fully saturated rings. The summed E-state index contributed by atoms with van der Waals surface area (Å²) in [6.45, 7) is 4.86. The smallest absolute Gasteiger partial charge is 0.248 e. The van der Waals surface area contributed by atoms with Gasteiger partial charge in [-0.1, -0.05) is 55.8 Å². The fraction of sp³-hybridized carbons (Fsp3) is 0.190. The van der Waals surface area contributed by atoms with Gasteiger partial charge >= 0.3 is 0 Å². The van der Waals surface area contributed by atoms with Crippen LogP contribution in [0.15, 0.2) is 60.9 Å². The van der Waals surface area contributed by atoms with Gasteiger partial charge in [-0.05, 0) is 29.3 Å². The van der Waals surface area contributed by atoms with Crippen LogP contribution >= 0.6 is 11.6 Å². The van der Waals surface area contributed by atoms with Gasteiger partial charge < -0.3 is 11.1 Å². The zero-order valence-corrected chi connectivity index (χ0v) is 16.0. The van der Waals surface area contributed by atoms with Crippen molar-refractivity contribution in [2.45, 2.75) is 19.3 Å². The average molecular weight is 381 g/mol. The minimum absolute atomic E-state index is 0.184. The molecule has 5 nitrogen and oxygen atoms in total. The molecule has 3 N–H and O–H groups in total. The number of benzene rings is 2. The van der Waals surface area contributed by atoms with Crippen molar-refractivity contribution in [3.8, 4) is 11.1 Å². The van der Waals surface area contributed by atoms with Crippen LogP contribution in [0, 0.1) is 0 Å². The third kappa shape index (κ3) is 4.44. The van der Waals surface area contributed by atoms with Gasteiger partial charge in [0.2, 0.25) is 11.9 Å². The van der Waals surface area contributed by atoms with E-state index in [1.807, 2.05) is 30.3 Å². The summed E-state index contributed by atoms with van der Waals surface area (Å²) in [6.07, 6.45) is 3.44. The Balaban J connectivity index is 1.72. The highest BCUT2D eigenvalue weighted by molar-refractivity contribution is 6.31. The second-order valence-electron chi connectivity index (χ2n) is 6.96. The number of nitrogens with one attached hydrogen (secondary N) is 1. The minimum atomic E-state index is -0.460. The van der Waals surface area contributed by atoms with E-state index in [0.29, 0.717) is 18.1 Å². The molecule has 0 atom stereocenters. The quantitative estimate of drug-likeness (QED) is 0.668. The van der Waals surface area contributed by atoms with Gasteiger partial charge in [0.25, 0.3) is 0 Å². The number of carbonyl (C=O) groups excluding carboxylic acids is 1. The summed E-state index contributed by atoms with van der Waals surface area (Å²) < 4.78 is 0. The molecule has 27 heavy (non-hydrogen) atoms. The van der Waals surface area contributed by atoms with E-state index in [9.17, 15) is 4.79 Å². The molecule has 6 heteroatoms. The predicted molar refractivity (Wildman–Crippen MR) is 109 cm³/mol. The zero-order valence-electron chi connectivity index (χ0n) is 15.2. The van der Waals surface area contributed by atoms with E-state index in [0.717, 1.165) is 21.7 Å². The van der Waals surface area contributed by atoms with Gasteiger partial charge in [-0.2, -0.15) is 0 Å². The summed E-state index contributed by atoms with van der Waals surface area (Å²) in [7, 11) is 0. The lowest BCUT2D eigenvalue weighted by atomic mass is 9.84.